The lowest BCUT2D eigenvalue weighted by Gasteiger charge is -2.17. The molecule has 1 aliphatic heterocycles. The van der Waals surface area contributed by atoms with E-state index >= 15 is 0 Å². The second kappa shape index (κ2) is 4.51. The molecule has 4 heteroatoms. The van der Waals surface area contributed by atoms with Gasteiger partial charge >= 0.3 is 0 Å². The SMILES string of the molecule is Clc1ccccc1NC1CNCC1Br. The molecule has 0 bridgehead atoms. The summed E-state index contributed by atoms with van der Waals surface area (Å²) >= 11 is 9.67. The van der Waals surface area contributed by atoms with Crippen molar-refractivity contribution < 1.29 is 0 Å². The van der Waals surface area contributed by atoms with Gasteiger partial charge in [0.1, 0.15) is 0 Å². The number of rotatable bonds is 2. The fraction of sp³-hybridized carbons (Fsp3) is 0.400. The number of para-hydroxylation sites is 1. The van der Waals surface area contributed by atoms with Crippen LogP contribution in [0.3, 0.4) is 0 Å². The maximum atomic E-state index is 6.05. The molecule has 0 aliphatic carbocycles. The van der Waals surface area contributed by atoms with E-state index in [9.17, 15) is 0 Å². The van der Waals surface area contributed by atoms with Crippen molar-refractivity contribution in [2.24, 2.45) is 0 Å². The van der Waals surface area contributed by atoms with E-state index in [4.69, 9.17) is 11.6 Å². The molecule has 1 aromatic rings. The van der Waals surface area contributed by atoms with Crippen LogP contribution in [-0.2, 0) is 0 Å². The molecular formula is C10H12BrClN2. The van der Waals surface area contributed by atoms with Crippen LogP contribution in [0.4, 0.5) is 5.69 Å². The second-order valence-electron chi connectivity index (χ2n) is 3.40. The molecule has 2 rings (SSSR count). The predicted octanol–water partition coefficient (Wildman–Crippen LogP) is 2.49. The minimum absolute atomic E-state index is 0.412. The fourth-order valence-corrected chi connectivity index (χ4v) is 2.30. The first kappa shape index (κ1) is 10.3. The molecule has 2 atom stereocenters. The Labute approximate surface area is 97.2 Å². The molecule has 1 heterocycles. The van der Waals surface area contributed by atoms with Crippen LogP contribution in [0.25, 0.3) is 0 Å². The van der Waals surface area contributed by atoms with E-state index < -0.39 is 0 Å². The topological polar surface area (TPSA) is 24.1 Å². The third-order valence-electron chi connectivity index (χ3n) is 2.35. The molecule has 14 heavy (non-hydrogen) atoms. The lowest BCUT2D eigenvalue weighted by Crippen LogP contribution is -2.28. The third-order valence-corrected chi connectivity index (χ3v) is 3.65. The van der Waals surface area contributed by atoms with Crippen molar-refractivity contribution in [2.45, 2.75) is 10.9 Å². The van der Waals surface area contributed by atoms with Crippen LogP contribution in [0, 0.1) is 0 Å². The Morgan fingerprint density at radius 3 is 2.79 bits per heavy atom. The predicted molar refractivity (Wildman–Crippen MR) is 64.4 cm³/mol. The van der Waals surface area contributed by atoms with Gasteiger partial charge in [0.2, 0.25) is 0 Å². The van der Waals surface area contributed by atoms with Gasteiger partial charge in [0.15, 0.2) is 0 Å². The van der Waals surface area contributed by atoms with E-state index in [1.54, 1.807) is 0 Å². The van der Waals surface area contributed by atoms with Crippen molar-refractivity contribution >= 4 is 33.2 Å². The maximum absolute atomic E-state index is 6.05. The second-order valence-corrected chi connectivity index (χ2v) is 4.99. The zero-order valence-corrected chi connectivity index (χ0v) is 9.98. The lowest BCUT2D eigenvalue weighted by atomic mass is 10.2. The Bertz CT molecular complexity index is 319. The van der Waals surface area contributed by atoms with Gasteiger partial charge in [0.05, 0.1) is 16.8 Å². The number of anilines is 1. The zero-order chi connectivity index (χ0) is 9.97. The molecule has 1 saturated heterocycles. The number of benzene rings is 1. The molecule has 2 unspecified atom stereocenters. The minimum Gasteiger partial charge on any atom is -0.379 e. The maximum Gasteiger partial charge on any atom is 0.0637 e. The van der Waals surface area contributed by atoms with Gasteiger partial charge in [0.25, 0.3) is 0 Å². The van der Waals surface area contributed by atoms with Crippen LogP contribution < -0.4 is 10.6 Å². The first-order valence-electron chi connectivity index (χ1n) is 4.63. The van der Waals surface area contributed by atoms with Crippen molar-refractivity contribution in [1.82, 2.24) is 5.32 Å². The quantitative estimate of drug-likeness (QED) is 0.811. The molecule has 1 aromatic carbocycles. The van der Waals surface area contributed by atoms with Gasteiger partial charge in [-0.05, 0) is 12.1 Å². The Kier molecular flexibility index (Phi) is 3.31. The van der Waals surface area contributed by atoms with E-state index in [0.717, 1.165) is 23.8 Å². The van der Waals surface area contributed by atoms with Crippen molar-refractivity contribution in [3.8, 4) is 0 Å². The van der Waals surface area contributed by atoms with E-state index in [2.05, 4.69) is 26.6 Å². The summed E-state index contributed by atoms with van der Waals surface area (Å²) in [4.78, 5) is 0.471. The number of hydrogen-bond donors (Lipinski definition) is 2. The van der Waals surface area contributed by atoms with Crippen LogP contribution in [0.15, 0.2) is 24.3 Å². The Morgan fingerprint density at radius 1 is 1.36 bits per heavy atom. The molecule has 2 nitrogen and oxygen atoms in total. The third kappa shape index (κ3) is 2.22. The number of nitrogens with one attached hydrogen (secondary N) is 2. The summed E-state index contributed by atoms with van der Waals surface area (Å²) in [6.07, 6.45) is 0. The monoisotopic (exact) mass is 274 g/mol. The zero-order valence-electron chi connectivity index (χ0n) is 7.63. The van der Waals surface area contributed by atoms with E-state index in [1.165, 1.54) is 0 Å². The molecule has 0 saturated carbocycles. The van der Waals surface area contributed by atoms with Crippen LogP contribution in [0.2, 0.25) is 5.02 Å². The minimum atomic E-state index is 0.412. The summed E-state index contributed by atoms with van der Waals surface area (Å²) < 4.78 is 0. The highest BCUT2D eigenvalue weighted by molar-refractivity contribution is 9.09. The Hall–Kier alpha value is -0.250. The molecular weight excluding hydrogens is 263 g/mol. The molecule has 0 aromatic heterocycles. The number of halogens is 2. The van der Waals surface area contributed by atoms with E-state index in [1.807, 2.05) is 24.3 Å². The smallest absolute Gasteiger partial charge is 0.0637 e. The van der Waals surface area contributed by atoms with E-state index in [0.29, 0.717) is 10.9 Å². The summed E-state index contributed by atoms with van der Waals surface area (Å²) in [6, 6.07) is 8.23. The highest BCUT2D eigenvalue weighted by atomic mass is 79.9. The lowest BCUT2D eigenvalue weighted by molar-refractivity contribution is 0.803. The average molecular weight is 276 g/mol. The van der Waals surface area contributed by atoms with Gasteiger partial charge in [-0.25, -0.2) is 0 Å². The van der Waals surface area contributed by atoms with Gasteiger partial charge < -0.3 is 10.6 Å². The molecule has 2 N–H and O–H groups in total. The van der Waals surface area contributed by atoms with Crippen molar-refractivity contribution in [1.29, 1.82) is 0 Å². The summed E-state index contributed by atoms with van der Waals surface area (Å²) in [6.45, 7) is 1.98. The van der Waals surface area contributed by atoms with Crippen LogP contribution in [0.1, 0.15) is 0 Å². The molecule has 1 fully saturated rings. The fourth-order valence-electron chi connectivity index (χ4n) is 1.57. The summed E-state index contributed by atoms with van der Waals surface area (Å²) in [5.74, 6) is 0. The highest BCUT2D eigenvalue weighted by Crippen LogP contribution is 2.23. The van der Waals surface area contributed by atoms with Crippen LogP contribution in [-0.4, -0.2) is 24.0 Å². The van der Waals surface area contributed by atoms with Gasteiger partial charge in [0, 0.05) is 17.9 Å². The average Bonchev–Trinajstić information content (AvgIpc) is 2.56. The molecule has 0 spiro atoms. The van der Waals surface area contributed by atoms with Crippen molar-refractivity contribution in [3.63, 3.8) is 0 Å². The van der Waals surface area contributed by atoms with Gasteiger partial charge in [-0.3, -0.25) is 0 Å². The normalized spacial score (nSPS) is 26.4. The Morgan fingerprint density at radius 2 is 2.14 bits per heavy atom. The van der Waals surface area contributed by atoms with E-state index in [-0.39, 0.29) is 0 Å². The number of hydrogen-bond acceptors (Lipinski definition) is 2. The first-order chi connectivity index (χ1) is 6.77. The summed E-state index contributed by atoms with van der Waals surface area (Å²) in [5.41, 5.74) is 1.01. The highest BCUT2D eigenvalue weighted by Gasteiger charge is 2.24. The summed E-state index contributed by atoms with van der Waals surface area (Å²) in [5, 5.41) is 7.50. The standard InChI is InChI=1S/C10H12BrClN2/c11-7-5-13-6-10(7)14-9-4-2-1-3-8(9)12/h1-4,7,10,13-14H,5-6H2. The van der Waals surface area contributed by atoms with Crippen molar-refractivity contribution in [2.75, 3.05) is 18.4 Å². The van der Waals surface area contributed by atoms with Crippen LogP contribution >= 0.6 is 27.5 Å². The molecule has 76 valence electrons. The number of alkyl halides is 1. The first-order valence-corrected chi connectivity index (χ1v) is 5.92. The largest absolute Gasteiger partial charge is 0.379 e. The Balaban J connectivity index is 2.07. The van der Waals surface area contributed by atoms with Gasteiger partial charge in [-0.15, -0.1) is 0 Å². The van der Waals surface area contributed by atoms with Gasteiger partial charge in [-0.1, -0.05) is 39.7 Å². The molecule has 0 radical (unpaired) electrons. The van der Waals surface area contributed by atoms with Crippen LogP contribution in [0.5, 0.6) is 0 Å². The molecule has 0 amide bonds. The summed E-state index contributed by atoms with van der Waals surface area (Å²) in [7, 11) is 0. The molecule has 1 aliphatic rings. The van der Waals surface area contributed by atoms with Crippen molar-refractivity contribution in [3.05, 3.63) is 29.3 Å². The van der Waals surface area contributed by atoms with Gasteiger partial charge in [-0.2, -0.15) is 0 Å².